The van der Waals surface area contributed by atoms with E-state index in [1.54, 1.807) is 0 Å². The Bertz CT molecular complexity index is 228. The van der Waals surface area contributed by atoms with Gasteiger partial charge in [0.25, 0.3) is 0 Å². The van der Waals surface area contributed by atoms with Gasteiger partial charge in [0.05, 0.1) is 13.8 Å². The molecule has 0 rings (SSSR count). The molecule has 0 amide bonds. The highest BCUT2D eigenvalue weighted by molar-refractivity contribution is 6.84. The first-order valence-electron chi connectivity index (χ1n) is 5.88. The zero-order valence-electron chi connectivity index (χ0n) is 11.3. The van der Waals surface area contributed by atoms with E-state index in [-0.39, 0.29) is 11.5 Å². The highest BCUT2D eigenvalue weighted by atomic mass is 28.3. The van der Waals surface area contributed by atoms with Crippen LogP contribution in [0.15, 0.2) is 24.1 Å². The van der Waals surface area contributed by atoms with Crippen molar-refractivity contribution in [3.8, 4) is 0 Å². The fraction of sp³-hybridized carbons (Fsp3) is 0.615. The summed E-state index contributed by atoms with van der Waals surface area (Å²) in [4.78, 5) is 10.0. The van der Waals surface area contributed by atoms with Crippen molar-refractivity contribution in [2.45, 2.75) is 52.8 Å². The average molecular weight is 242 g/mol. The maximum absolute atomic E-state index is 10.0. The monoisotopic (exact) mass is 242 g/mol. The van der Waals surface area contributed by atoms with Crippen LogP contribution in [-0.2, 0) is 4.79 Å². The minimum atomic E-state index is -0.927. The normalized spacial score (nSPS) is 11.4. The summed E-state index contributed by atoms with van der Waals surface area (Å²) in [5.74, 6) is -0.0625. The largest absolute Gasteiger partial charge is 0.512 e. The second-order valence-corrected chi connectivity index (χ2v) is 9.28. The van der Waals surface area contributed by atoms with Gasteiger partial charge < -0.3 is 5.11 Å². The Labute approximate surface area is 101 Å². The molecule has 0 aliphatic rings. The van der Waals surface area contributed by atoms with Crippen LogP contribution in [0, 0.1) is 0 Å². The van der Waals surface area contributed by atoms with E-state index in [2.05, 4.69) is 33.0 Å². The van der Waals surface area contributed by atoms with Gasteiger partial charge in [-0.25, -0.2) is 0 Å². The Morgan fingerprint density at radius 3 is 1.56 bits per heavy atom. The Balaban J connectivity index is 0. The SMILES string of the molecule is C=C[Si](CC)(CC)CC.CC(=O)/C=C(/C)O. The van der Waals surface area contributed by atoms with E-state index >= 15 is 0 Å². The fourth-order valence-corrected chi connectivity index (χ4v) is 3.84. The summed E-state index contributed by atoms with van der Waals surface area (Å²) in [6.07, 6.45) is 1.17. The number of rotatable bonds is 5. The molecular formula is C13H26O2Si. The van der Waals surface area contributed by atoms with Crippen molar-refractivity contribution >= 4 is 13.9 Å². The summed E-state index contributed by atoms with van der Waals surface area (Å²) in [5.41, 5.74) is 2.24. The number of ketones is 1. The molecule has 0 aromatic rings. The Morgan fingerprint density at radius 2 is 1.56 bits per heavy atom. The molecule has 0 bridgehead atoms. The van der Waals surface area contributed by atoms with E-state index in [9.17, 15) is 4.79 Å². The van der Waals surface area contributed by atoms with Gasteiger partial charge in [-0.15, -0.1) is 12.3 Å². The van der Waals surface area contributed by atoms with Crippen LogP contribution in [0.2, 0.25) is 18.1 Å². The third-order valence-corrected chi connectivity index (χ3v) is 8.05. The van der Waals surface area contributed by atoms with Gasteiger partial charge >= 0.3 is 0 Å². The molecule has 0 saturated carbocycles. The summed E-state index contributed by atoms with van der Waals surface area (Å²) < 4.78 is 0. The molecule has 16 heavy (non-hydrogen) atoms. The molecule has 0 atom stereocenters. The molecule has 2 nitrogen and oxygen atoms in total. The molecule has 0 radical (unpaired) electrons. The van der Waals surface area contributed by atoms with Crippen molar-refractivity contribution in [2.75, 3.05) is 0 Å². The third-order valence-electron chi connectivity index (χ3n) is 2.96. The molecule has 0 aromatic carbocycles. The summed E-state index contributed by atoms with van der Waals surface area (Å²) in [6.45, 7) is 13.6. The van der Waals surface area contributed by atoms with Crippen molar-refractivity contribution < 1.29 is 9.90 Å². The first-order chi connectivity index (χ1) is 7.37. The van der Waals surface area contributed by atoms with Gasteiger partial charge in [-0.3, -0.25) is 4.79 Å². The highest BCUT2D eigenvalue weighted by Gasteiger charge is 2.21. The number of hydrogen-bond acceptors (Lipinski definition) is 2. The molecule has 0 aromatic heterocycles. The van der Waals surface area contributed by atoms with Crippen LogP contribution < -0.4 is 0 Å². The van der Waals surface area contributed by atoms with Gasteiger partial charge in [-0.1, -0.05) is 38.9 Å². The summed E-state index contributed by atoms with van der Waals surface area (Å²) in [5, 5.41) is 8.36. The smallest absolute Gasteiger partial charge is 0.155 e. The van der Waals surface area contributed by atoms with E-state index in [0.29, 0.717) is 0 Å². The minimum Gasteiger partial charge on any atom is -0.512 e. The molecule has 0 fully saturated rings. The van der Waals surface area contributed by atoms with Gasteiger partial charge in [0.1, 0.15) is 0 Å². The van der Waals surface area contributed by atoms with E-state index in [4.69, 9.17) is 5.11 Å². The number of carbonyl (C=O) groups excluding carboxylic acids is 1. The van der Waals surface area contributed by atoms with Crippen molar-refractivity contribution in [1.29, 1.82) is 0 Å². The van der Waals surface area contributed by atoms with E-state index in [0.717, 1.165) is 0 Å². The van der Waals surface area contributed by atoms with Crippen LogP contribution in [0.4, 0.5) is 0 Å². The predicted octanol–water partition coefficient (Wildman–Crippen LogP) is 4.26. The first kappa shape index (κ1) is 17.6. The van der Waals surface area contributed by atoms with E-state index in [1.165, 1.54) is 38.1 Å². The Morgan fingerprint density at radius 1 is 1.19 bits per heavy atom. The lowest BCUT2D eigenvalue weighted by atomic mass is 10.4. The second-order valence-electron chi connectivity index (χ2n) is 4.02. The number of aliphatic hydroxyl groups is 1. The molecule has 0 spiro atoms. The molecule has 0 heterocycles. The topological polar surface area (TPSA) is 37.3 Å². The molecule has 0 aliphatic carbocycles. The minimum absolute atomic E-state index is 0.0625. The maximum atomic E-state index is 10.0. The third kappa shape index (κ3) is 8.47. The molecule has 3 heteroatoms. The summed E-state index contributed by atoms with van der Waals surface area (Å²) >= 11 is 0. The maximum Gasteiger partial charge on any atom is 0.155 e. The van der Waals surface area contributed by atoms with Crippen LogP contribution in [0.5, 0.6) is 0 Å². The number of carbonyl (C=O) groups is 1. The highest BCUT2D eigenvalue weighted by Crippen LogP contribution is 2.20. The van der Waals surface area contributed by atoms with Crippen LogP contribution in [0.25, 0.3) is 0 Å². The van der Waals surface area contributed by atoms with Gasteiger partial charge in [-0.2, -0.15) is 0 Å². The van der Waals surface area contributed by atoms with Gasteiger partial charge in [0.2, 0.25) is 0 Å². The lowest BCUT2D eigenvalue weighted by Crippen LogP contribution is -2.27. The van der Waals surface area contributed by atoms with Crippen LogP contribution in [0.3, 0.4) is 0 Å². The van der Waals surface area contributed by atoms with Gasteiger partial charge in [0.15, 0.2) is 5.78 Å². The van der Waals surface area contributed by atoms with Crippen molar-refractivity contribution in [3.63, 3.8) is 0 Å². The molecule has 94 valence electrons. The van der Waals surface area contributed by atoms with Crippen LogP contribution in [-0.4, -0.2) is 19.0 Å². The second kappa shape index (κ2) is 9.40. The molecule has 1 N–H and O–H groups in total. The van der Waals surface area contributed by atoms with Crippen molar-refractivity contribution in [2.24, 2.45) is 0 Å². The van der Waals surface area contributed by atoms with Crippen molar-refractivity contribution in [3.05, 3.63) is 24.1 Å². The molecular weight excluding hydrogens is 216 g/mol. The molecule has 0 saturated heterocycles. The number of aliphatic hydroxyl groups excluding tert-OH is 1. The predicted molar refractivity (Wildman–Crippen MR) is 74.5 cm³/mol. The Hall–Kier alpha value is -0.833. The summed E-state index contributed by atoms with van der Waals surface area (Å²) in [7, 11) is -0.927. The lowest BCUT2D eigenvalue weighted by Gasteiger charge is -2.22. The number of hydrogen-bond donors (Lipinski definition) is 1. The molecule has 0 aliphatic heterocycles. The fourth-order valence-electron chi connectivity index (χ4n) is 1.48. The quantitative estimate of drug-likeness (QED) is 0.444. The van der Waals surface area contributed by atoms with Crippen molar-refractivity contribution in [1.82, 2.24) is 0 Å². The Kier molecular flexibility index (Phi) is 10.3. The molecule has 0 unspecified atom stereocenters. The lowest BCUT2D eigenvalue weighted by molar-refractivity contribution is -0.112. The van der Waals surface area contributed by atoms with Crippen LogP contribution >= 0.6 is 0 Å². The number of allylic oxidation sites excluding steroid dienone is 2. The first-order valence-corrected chi connectivity index (χ1v) is 8.58. The van der Waals surface area contributed by atoms with Gasteiger partial charge in [0, 0.05) is 6.08 Å². The van der Waals surface area contributed by atoms with Crippen LogP contribution in [0.1, 0.15) is 34.6 Å². The van der Waals surface area contributed by atoms with E-state index in [1.807, 2.05) is 0 Å². The summed E-state index contributed by atoms with van der Waals surface area (Å²) in [6, 6.07) is 4.09. The zero-order chi connectivity index (χ0) is 13.2. The standard InChI is InChI=1S/C8H18Si.C5H8O2/c1-5-9(6-2,7-3)8-4;1-4(6)3-5(2)7/h5H,1,6-8H2,2-4H3;3,6H,1-2H3/b;4-3-. The zero-order valence-corrected chi connectivity index (χ0v) is 12.3. The van der Waals surface area contributed by atoms with E-state index < -0.39 is 8.07 Å². The average Bonchev–Trinajstić information content (AvgIpc) is 2.21. The van der Waals surface area contributed by atoms with Gasteiger partial charge in [-0.05, 0) is 13.8 Å².